The molecule has 2 aromatic rings. The number of hydrogen-bond acceptors (Lipinski definition) is 5. The number of ether oxygens (including phenoxy) is 1. The minimum atomic E-state index is -0.310. The summed E-state index contributed by atoms with van der Waals surface area (Å²) in [6.45, 7) is 9.18. The van der Waals surface area contributed by atoms with E-state index in [9.17, 15) is 4.79 Å². The molecule has 4 radical (unpaired) electrons. The van der Waals surface area contributed by atoms with Gasteiger partial charge in [-0.05, 0) is 49.2 Å². The number of carbonyl (C=O) groups is 1. The van der Waals surface area contributed by atoms with Crippen molar-refractivity contribution in [2.75, 3.05) is 6.54 Å². The van der Waals surface area contributed by atoms with Crippen molar-refractivity contribution < 1.29 is 18.4 Å². The van der Waals surface area contributed by atoms with Gasteiger partial charge in [0.25, 0.3) is 0 Å². The quantitative estimate of drug-likeness (QED) is 0.360. The minimum Gasteiger partial charge on any atom is -0.445 e. The highest BCUT2D eigenvalue weighted by Crippen LogP contribution is 2.42. The fraction of sp³-hybridized carbons (Fsp3) is 0.440. The summed E-state index contributed by atoms with van der Waals surface area (Å²) in [4.78, 5) is 19.3. The summed E-state index contributed by atoms with van der Waals surface area (Å²) in [6, 6.07) is 15.5. The Morgan fingerprint density at radius 3 is 2.48 bits per heavy atom. The number of nitrogens with zero attached hydrogens (tertiary/aromatic N) is 2. The van der Waals surface area contributed by atoms with E-state index in [4.69, 9.17) is 13.6 Å². The standard InChI is InChI=1S/C25H32N2O4Si2/c1-25(2,23(30-32-3)31-33-4)20-16-22(14-13-21-12-8-9-15-26-21)27(17-20)24(28)29-18-19-10-6-5-7-11-19/h5-15,20,22-23H,16-18H2,1-4H3. The van der Waals surface area contributed by atoms with E-state index in [2.05, 4.69) is 24.9 Å². The van der Waals surface area contributed by atoms with Crippen LogP contribution in [0.15, 0.2) is 60.8 Å². The predicted molar refractivity (Wildman–Crippen MR) is 131 cm³/mol. The van der Waals surface area contributed by atoms with Crippen LogP contribution < -0.4 is 0 Å². The molecule has 1 aromatic heterocycles. The molecule has 1 saturated heterocycles. The normalized spacial score (nSPS) is 18.9. The van der Waals surface area contributed by atoms with Crippen molar-refractivity contribution >= 4 is 31.7 Å². The van der Waals surface area contributed by atoms with Gasteiger partial charge in [-0.25, -0.2) is 4.79 Å². The molecule has 1 aromatic carbocycles. The van der Waals surface area contributed by atoms with Gasteiger partial charge in [0.05, 0.1) is 11.7 Å². The van der Waals surface area contributed by atoms with Crippen molar-refractivity contribution in [1.82, 2.24) is 9.88 Å². The number of pyridine rings is 1. The first kappa shape index (κ1) is 25.4. The number of aromatic nitrogens is 1. The van der Waals surface area contributed by atoms with Crippen molar-refractivity contribution in [2.45, 2.75) is 52.3 Å². The van der Waals surface area contributed by atoms with E-state index in [1.165, 1.54) is 0 Å². The molecular weight excluding hydrogens is 448 g/mol. The molecule has 0 spiro atoms. The second-order valence-corrected chi connectivity index (χ2v) is 9.89. The van der Waals surface area contributed by atoms with Crippen LogP contribution in [-0.2, 0) is 20.2 Å². The molecule has 2 heterocycles. The van der Waals surface area contributed by atoms with Crippen LogP contribution in [0.25, 0.3) is 6.08 Å². The van der Waals surface area contributed by atoms with Gasteiger partial charge in [-0.1, -0.05) is 56.3 Å². The molecule has 0 bridgehead atoms. The molecule has 2 unspecified atom stereocenters. The zero-order valence-corrected chi connectivity index (χ0v) is 21.7. The van der Waals surface area contributed by atoms with Gasteiger partial charge in [-0.15, -0.1) is 0 Å². The smallest absolute Gasteiger partial charge is 0.410 e. The summed E-state index contributed by atoms with van der Waals surface area (Å²) in [5.74, 6) is 0.192. The lowest BCUT2D eigenvalue weighted by atomic mass is 9.77. The first-order chi connectivity index (χ1) is 16.0. The van der Waals surface area contributed by atoms with Crippen LogP contribution in [0.2, 0.25) is 13.1 Å². The summed E-state index contributed by atoms with van der Waals surface area (Å²) in [5, 5.41) is 0. The van der Waals surface area contributed by atoms with Crippen LogP contribution in [0.5, 0.6) is 0 Å². The fourth-order valence-corrected chi connectivity index (χ4v) is 5.25. The van der Waals surface area contributed by atoms with Gasteiger partial charge >= 0.3 is 6.09 Å². The summed E-state index contributed by atoms with van der Waals surface area (Å²) in [6.07, 6.45) is 5.99. The second kappa shape index (κ2) is 12.3. The number of rotatable bonds is 10. The maximum Gasteiger partial charge on any atom is 0.410 e. The average Bonchev–Trinajstić information content (AvgIpc) is 3.28. The van der Waals surface area contributed by atoms with Gasteiger partial charge in [0.1, 0.15) is 12.9 Å². The van der Waals surface area contributed by atoms with Crippen molar-refractivity contribution in [2.24, 2.45) is 11.3 Å². The van der Waals surface area contributed by atoms with Gasteiger partial charge in [0.15, 0.2) is 0 Å². The highest BCUT2D eigenvalue weighted by atomic mass is 28.2. The maximum absolute atomic E-state index is 13.1. The third kappa shape index (κ3) is 6.86. The Morgan fingerprint density at radius 1 is 1.15 bits per heavy atom. The number of amides is 1. The van der Waals surface area contributed by atoms with Crippen LogP contribution >= 0.6 is 0 Å². The third-order valence-electron chi connectivity index (χ3n) is 6.07. The molecule has 2 atom stereocenters. The Balaban J connectivity index is 1.77. The summed E-state index contributed by atoms with van der Waals surface area (Å²) in [7, 11) is 0.676. The van der Waals surface area contributed by atoms with E-state index >= 15 is 0 Å². The molecule has 0 aliphatic carbocycles. The minimum absolute atomic E-state index is 0.0895. The number of likely N-dealkylation sites (tertiary alicyclic amines) is 1. The lowest BCUT2D eigenvalue weighted by Gasteiger charge is -2.38. The lowest BCUT2D eigenvalue weighted by Crippen LogP contribution is -2.43. The SMILES string of the molecule is C[Si]OC(O[Si]C)C(C)(C)C1CC(C=Cc2ccccn2)N(C(=O)OCc2ccccc2)C1. The van der Waals surface area contributed by atoms with Gasteiger partial charge in [0.2, 0.25) is 19.5 Å². The van der Waals surface area contributed by atoms with E-state index in [-0.39, 0.29) is 36.4 Å². The summed E-state index contributed by atoms with van der Waals surface area (Å²) in [5.41, 5.74) is 1.57. The molecule has 33 heavy (non-hydrogen) atoms. The first-order valence-electron chi connectivity index (χ1n) is 11.2. The Bertz CT molecular complexity index is 890. The highest BCUT2D eigenvalue weighted by molar-refractivity contribution is 6.26. The number of carbonyl (C=O) groups excluding carboxylic acids is 1. The molecule has 1 fully saturated rings. The van der Waals surface area contributed by atoms with E-state index in [1.807, 2.05) is 72.6 Å². The fourth-order valence-electron chi connectivity index (χ4n) is 4.02. The van der Waals surface area contributed by atoms with E-state index in [1.54, 1.807) is 6.20 Å². The zero-order chi connectivity index (χ0) is 23.7. The molecule has 0 N–H and O–H groups in total. The monoisotopic (exact) mass is 480 g/mol. The number of hydrogen-bond donors (Lipinski definition) is 0. The summed E-state index contributed by atoms with van der Waals surface area (Å²) < 4.78 is 17.6. The Kier molecular flexibility index (Phi) is 9.43. The molecule has 1 aliphatic rings. The highest BCUT2D eigenvalue weighted by Gasteiger charge is 2.46. The topological polar surface area (TPSA) is 60.9 Å². The molecule has 174 valence electrons. The third-order valence-corrected chi connectivity index (χ3v) is 6.97. The average molecular weight is 481 g/mol. The van der Waals surface area contributed by atoms with Crippen molar-refractivity contribution in [3.63, 3.8) is 0 Å². The Morgan fingerprint density at radius 2 is 1.85 bits per heavy atom. The van der Waals surface area contributed by atoms with Crippen LogP contribution in [0.1, 0.15) is 31.5 Å². The van der Waals surface area contributed by atoms with Crippen LogP contribution in [0, 0.1) is 11.3 Å². The Hall–Kier alpha value is -2.27. The largest absolute Gasteiger partial charge is 0.445 e. The van der Waals surface area contributed by atoms with E-state index in [0.717, 1.165) is 17.7 Å². The maximum atomic E-state index is 13.1. The molecule has 3 rings (SSSR count). The van der Waals surface area contributed by atoms with Crippen molar-refractivity contribution in [3.8, 4) is 0 Å². The first-order valence-corrected chi connectivity index (χ1v) is 14.0. The van der Waals surface area contributed by atoms with Gasteiger partial charge < -0.3 is 18.5 Å². The Labute approximate surface area is 202 Å². The van der Waals surface area contributed by atoms with Crippen LogP contribution in [-0.4, -0.2) is 54.4 Å². The van der Waals surface area contributed by atoms with E-state index in [0.29, 0.717) is 26.1 Å². The second-order valence-electron chi connectivity index (χ2n) is 8.60. The predicted octanol–water partition coefficient (Wildman–Crippen LogP) is 4.84. The molecule has 8 heteroatoms. The molecule has 1 amide bonds. The van der Waals surface area contributed by atoms with Gasteiger partial charge in [-0.2, -0.15) is 0 Å². The number of benzene rings is 1. The summed E-state index contributed by atoms with van der Waals surface area (Å²) >= 11 is 0. The van der Waals surface area contributed by atoms with Crippen LogP contribution in [0.3, 0.4) is 0 Å². The molecule has 1 aliphatic heterocycles. The molecular formula is C25H32N2O4Si2. The molecule has 0 saturated carbocycles. The van der Waals surface area contributed by atoms with E-state index < -0.39 is 0 Å². The van der Waals surface area contributed by atoms with Crippen molar-refractivity contribution in [3.05, 3.63) is 72.1 Å². The zero-order valence-electron chi connectivity index (χ0n) is 19.7. The van der Waals surface area contributed by atoms with Crippen molar-refractivity contribution in [1.29, 1.82) is 0 Å². The van der Waals surface area contributed by atoms with Gasteiger partial charge in [0, 0.05) is 18.2 Å². The lowest BCUT2D eigenvalue weighted by molar-refractivity contribution is -0.102. The molecule has 6 nitrogen and oxygen atoms in total. The van der Waals surface area contributed by atoms with Gasteiger partial charge in [-0.3, -0.25) is 4.98 Å². The van der Waals surface area contributed by atoms with Crippen LogP contribution in [0.4, 0.5) is 4.79 Å².